The van der Waals surface area contributed by atoms with Crippen molar-refractivity contribution < 1.29 is 9.90 Å². The van der Waals surface area contributed by atoms with Crippen molar-refractivity contribution in [2.24, 2.45) is 0 Å². The first-order valence-electron chi connectivity index (χ1n) is 8.45. The van der Waals surface area contributed by atoms with Gasteiger partial charge in [0.15, 0.2) is 0 Å². The molecule has 2 aromatic rings. The highest BCUT2D eigenvalue weighted by atomic mass is 16.2. The van der Waals surface area contributed by atoms with Gasteiger partial charge in [-0.05, 0) is 36.6 Å². The highest BCUT2D eigenvalue weighted by Crippen LogP contribution is 2.18. The Morgan fingerprint density at radius 2 is 1.84 bits per heavy atom. The summed E-state index contributed by atoms with van der Waals surface area (Å²) in [4.78, 5) is 12.5. The molecule has 2 N–H and O–H groups in total. The first-order valence-corrected chi connectivity index (χ1v) is 8.45. The van der Waals surface area contributed by atoms with Crippen LogP contribution in [0.1, 0.15) is 49.4 Å². The maximum Gasteiger partial charge on any atom is 0.255 e. The number of amides is 1. The SMILES string of the molecule is CCCC#Cc1ccc(/C(=C\O)C(=O)N[C@H](C)c2ccccc2)cc1. The zero-order valence-corrected chi connectivity index (χ0v) is 14.6. The van der Waals surface area contributed by atoms with Crippen LogP contribution in [0.25, 0.3) is 5.57 Å². The molecular weight excluding hydrogens is 310 g/mol. The molecule has 25 heavy (non-hydrogen) atoms. The minimum atomic E-state index is -0.316. The number of carbonyl (C=O) groups is 1. The predicted octanol–water partition coefficient (Wildman–Crippen LogP) is 4.61. The average Bonchev–Trinajstić information content (AvgIpc) is 2.64. The van der Waals surface area contributed by atoms with Crippen molar-refractivity contribution in [2.75, 3.05) is 0 Å². The summed E-state index contributed by atoms with van der Waals surface area (Å²) in [6.07, 6.45) is 2.75. The van der Waals surface area contributed by atoms with Crippen LogP contribution in [-0.4, -0.2) is 11.0 Å². The fourth-order valence-corrected chi connectivity index (χ4v) is 2.39. The van der Waals surface area contributed by atoms with Crippen LogP contribution in [0.15, 0.2) is 60.9 Å². The Bertz CT molecular complexity index is 780. The van der Waals surface area contributed by atoms with Gasteiger partial charge in [0.05, 0.1) is 17.9 Å². The van der Waals surface area contributed by atoms with Crippen molar-refractivity contribution in [3.63, 3.8) is 0 Å². The van der Waals surface area contributed by atoms with Crippen molar-refractivity contribution in [3.05, 3.63) is 77.5 Å². The minimum absolute atomic E-state index is 0.150. The molecule has 128 valence electrons. The molecule has 0 saturated carbocycles. The molecule has 3 nitrogen and oxygen atoms in total. The van der Waals surface area contributed by atoms with Crippen LogP contribution >= 0.6 is 0 Å². The number of rotatable bonds is 5. The van der Waals surface area contributed by atoms with E-state index in [4.69, 9.17) is 0 Å². The van der Waals surface area contributed by atoms with Crippen LogP contribution in [0.2, 0.25) is 0 Å². The molecule has 0 spiro atoms. The molecule has 3 heteroatoms. The summed E-state index contributed by atoms with van der Waals surface area (Å²) in [6, 6.07) is 16.9. The first kappa shape index (κ1) is 18.4. The summed E-state index contributed by atoms with van der Waals surface area (Å²) in [5, 5.41) is 12.4. The van der Waals surface area contributed by atoms with E-state index >= 15 is 0 Å². The van der Waals surface area contributed by atoms with Crippen molar-refractivity contribution in [1.82, 2.24) is 5.32 Å². The molecule has 0 heterocycles. The lowest BCUT2D eigenvalue weighted by atomic mass is 10.0. The van der Waals surface area contributed by atoms with Crippen molar-refractivity contribution >= 4 is 11.5 Å². The van der Waals surface area contributed by atoms with E-state index in [2.05, 4.69) is 24.1 Å². The van der Waals surface area contributed by atoms with Crippen LogP contribution in [0, 0.1) is 11.8 Å². The lowest BCUT2D eigenvalue weighted by Crippen LogP contribution is -2.27. The molecule has 0 bridgehead atoms. The van der Waals surface area contributed by atoms with Gasteiger partial charge in [-0.15, -0.1) is 0 Å². The summed E-state index contributed by atoms with van der Waals surface area (Å²) in [7, 11) is 0. The maximum absolute atomic E-state index is 12.5. The van der Waals surface area contributed by atoms with Crippen LogP contribution in [0.5, 0.6) is 0 Å². The smallest absolute Gasteiger partial charge is 0.255 e. The van der Waals surface area contributed by atoms with Gasteiger partial charge >= 0.3 is 0 Å². The molecule has 2 rings (SSSR count). The normalized spacial score (nSPS) is 12.0. The van der Waals surface area contributed by atoms with Gasteiger partial charge in [-0.1, -0.05) is 61.2 Å². The monoisotopic (exact) mass is 333 g/mol. The van der Waals surface area contributed by atoms with Gasteiger partial charge in [0.2, 0.25) is 0 Å². The topological polar surface area (TPSA) is 49.3 Å². The number of hydrogen-bond donors (Lipinski definition) is 2. The average molecular weight is 333 g/mol. The van der Waals surface area contributed by atoms with Crippen molar-refractivity contribution in [1.29, 1.82) is 0 Å². The maximum atomic E-state index is 12.5. The Labute approximate surface area is 149 Å². The van der Waals surface area contributed by atoms with E-state index in [0.717, 1.165) is 30.2 Å². The van der Waals surface area contributed by atoms with Crippen molar-refractivity contribution in [3.8, 4) is 11.8 Å². The van der Waals surface area contributed by atoms with E-state index in [1.807, 2.05) is 49.4 Å². The summed E-state index contributed by atoms with van der Waals surface area (Å²) >= 11 is 0. The van der Waals surface area contributed by atoms with Crippen LogP contribution < -0.4 is 5.32 Å². The number of benzene rings is 2. The summed E-state index contributed by atoms with van der Waals surface area (Å²) in [5.74, 6) is 5.85. The van der Waals surface area contributed by atoms with Crippen LogP contribution in [-0.2, 0) is 4.79 Å². The van der Waals surface area contributed by atoms with Gasteiger partial charge in [0.25, 0.3) is 5.91 Å². The van der Waals surface area contributed by atoms with Crippen LogP contribution in [0.4, 0.5) is 0 Å². The van der Waals surface area contributed by atoms with E-state index in [0.29, 0.717) is 5.56 Å². The Hall–Kier alpha value is -2.99. The van der Waals surface area contributed by atoms with E-state index in [1.54, 1.807) is 12.1 Å². The Kier molecular flexibility index (Phi) is 6.86. The Morgan fingerprint density at radius 1 is 1.16 bits per heavy atom. The summed E-state index contributed by atoms with van der Waals surface area (Å²) in [5.41, 5.74) is 2.79. The van der Waals surface area contributed by atoms with E-state index < -0.39 is 0 Å². The molecule has 0 aliphatic rings. The highest BCUT2D eigenvalue weighted by molar-refractivity contribution is 6.19. The van der Waals surface area contributed by atoms with Gasteiger partial charge in [0.1, 0.15) is 0 Å². The third-order valence-electron chi connectivity index (χ3n) is 3.82. The van der Waals surface area contributed by atoms with E-state index in [1.165, 1.54) is 0 Å². The second-order valence-corrected chi connectivity index (χ2v) is 5.78. The number of hydrogen-bond acceptors (Lipinski definition) is 2. The number of nitrogens with one attached hydrogen (secondary N) is 1. The molecule has 0 unspecified atom stereocenters. The van der Waals surface area contributed by atoms with Gasteiger partial charge in [-0.2, -0.15) is 0 Å². The lowest BCUT2D eigenvalue weighted by Gasteiger charge is -2.15. The fraction of sp³-hybridized carbons (Fsp3) is 0.227. The molecule has 0 saturated heterocycles. The second-order valence-electron chi connectivity index (χ2n) is 5.78. The van der Waals surface area contributed by atoms with E-state index in [9.17, 15) is 9.90 Å². The molecule has 0 fully saturated rings. The summed E-state index contributed by atoms with van der Waals surface area (Å²) < 4.78 is 0. The molecule has 2 aromatic carbocycles. The molecule has 0 radical (unpaired) electrons. The summed E-state index contributed by atoms with van der Waals surface area (Å²) in [6.45, 7) is 4.00. The molecule has 0 aliphatic heterocycles. The first-order chi connectivity index (χ1) is 12.2. The van der Waals surface area contributed by atoms with Gasteiger partial charge < -0.3 is 10.4 Å². The number of aliphatic hydroxyl groups excluding tert-OH is 1. The molecular formula is C22H23NO2. The number of aliphatic hydroxyl groups is 1. The van der Waals surface area contributed by atoms with Crippen molar-refractivity contribution in [2.45, 2.75) is 32.7 Å². The number of carbonyl (C=O) groups excluding carboxylic acids is 1. The van der Waals surface area contributed by atoms with Gasteiger partial charge in [-0.25, -0.2) is 0 Å². The third kappa shape index (κ3) is 5.26. The molecule has 0 aliphatic carbocycles. The predicted molar refractivity (Wildman–Crippen MR) is 102 cm³/mol. The van der Waals surface area contributed by atoms with E-state index in [-0.39, 0.29) is 17.5 Å². The molecule has 0 aromatic heterocycles. The minimum Gasteiger partial charge on any atom is -0.515 e. The zero-order valence-electron chi connectivity index (χ0n) is 14.6. The third-order valence-corrected chi connectivity index (χ3v) is 3.82. The quantitative estimate of drug-likeness (QED) is 0.477. The van der Waals surface area contributed by atoms with Gasteiger partial charge in [-0.3, -0.25) is 4.79 Å². The molecule has 1 atom stereocenters. The highest BCUT2D eigenvalue weighted by Gasteiger charge is 2.15. The molecule has 1 amide bonds. The Morgan fingerprint density at radius 3 is 2.44 bits per heavy atom. The standard InChI is InChI=1S/C22H23NO2/c1-3-4-6-9-18-12-14-20(15-13-18)21(16-24)22(25)23-17(2)19-10-7-5-8-11-19/h5,7-8,10-17,24H,3-4H2,1-2H3,(H,23,25)/b21-16+/t17-/m1/s1. The second kappa shape index (κ2) is 9.34. The fourth-order valence-electron chi connectivity index (χ4n) is 2.39. The van der Waals surface area contributed by atoms with Gasteiger partial charge in [0, 0.05) is 12.0 Å². The Balaban J connectivity index is 2.09. The zero-order chi connectivity index (χ0) is 18.1. The largest absolute Gasteiger partial charge is 0.515 e. The lowest BCUT2D eigenvalue weighted by molar-refractivity contribution is -0.116. The van der Waals surface area contributed by atoms with Crippen LogP contribution in [0.3, 0.4) is 0 Å². The number of unbranched alkanes of at least 4 members (excludes halogenated alkanes) is 1.